The summed E-state index contributed by atoms with van der Waals surface area (Å²) < 4.78 is 23.4. The second-order valence-corrected chi connectivity index (χ2v) is 12.3. The summed E-state index contributed by atoms with van der Waals surface area (Å²) in [4.78, 5) is 77.5. The van der Waals surface area contributed by atoms with E-state index in [0.29, 0.717) is 12.8 Å². The van der Waals surface area contributed by atoms with Crippen molar-refractivity contribution in [3.8, 4) is 0 Å². The Kier molecular flexibility index (Phi) is 7.02. The van der Waals surface area contributed by atoms with Gasteiger partial charge in [0, 0.05) is 45.4 Å². The van der Waals surface area contributed by atoms with E-state index in [-0.39, 0.29) is 18.6 Å². The first-order chi connectivity index (χ1) is 17.6. The number of ketones is 1. The maximum Gasteiger partial charge on any atom is 0.302 e. The van der Waals surface area contributed by atoms with Crippen LogP contribution in [0.25, 0.3) is 0 Å². The lowest BCUT2D eigenvalue weighted by molar-refractivity contribution is -0.276. The minimum absolute atomic E-state index is 0.120. The molecule has 0 heterocycles. The molecule has 0 radical (unpaired) electrons. The SMILES string of the molecule is CC(=O)O[C@H]1C[C@@H]2[C@@H](OC(C)=O)C3(C(=O)[C@@H]2C)[C@@H]1[C@@]1(C=O)[C@H](C[C@H]3OC(C)=O)C(C)(C)CC[C@H]1OC(C)=O. The van der Waals surface area contributed by atoms with Crippen LogP contribution < -0.4 is 0 Å². The van der Waals surface area contributed by atoms with Gasteiger partial charge in [0.25, 0.3) is 0 Å². The van der Waals surface area contributed by atoms with Gasteiger partial charge in [-0.1, -0.05) is 20.8 Å². The zero-order valence-electron chi connectivity index (χ0n) is 23.1. The summed E-state index contributed by atoms with van der Waals surface area (Å²) in [6.45, 7) is 10.7. The van der Waals surface area contributed by atoms with Gasteiger partial charge in [-0.05, 0) is 37.0 Å². The van der Waals surface area contributed by atoms with Crippen molar-refractivity contribution in [2.75, 3.05) is 0 Å². The quantitative estimate of drug-likeness (QED) is 0.294. The number of rotatable bonds is 5. The van der Waals surface area contributed by atoms with Crippen LogP contribution in [0.5, 0.6) is 0 Å². The smallest absolute Gasteiger partial charge is 0.302 e. The number of carbonyl (C=O) groups excluding carboxylic acids is 6. The van der Waals surface area contributed by atoms with Gasteiger partial charge in [-0.2, -0.15) is 0 Å². The van der Waals surface area contributed by atoms with Crippen molar-refractivity contribution < 1.29 is 47.7 Å². The molecule has 2 bridgehead atoms. The largest absolute Gasteiger partial charge is 0.462 e. The van der Waals surface area contributed by atoms with Gasteiger partial charge in [0.1, 0.15) is 41.9 Å². The number of esters is 4. The Labute approximate surface area is 222 Å². The van der Waals surface area contributed by atoms with E-state index in [1.54, 1.807) is 6.92 Å². The van der Waals surface area contributed by atoms with Gasteiger partial charge in [0.2, 0.25) is 0 Å². The van der Waals surface area contributed by atoms with Gasteiger partial charge in [-0.25, -0.2) is 0 Å². The third-order valence-corrected chi connectivity index (χ3v) is 9.84. The first kappa shape index (κ1) is 28.2. The van der Waals surface area contributed by atoms with Crippen molar-refractivity contribution in [3.05, 3.63) is 0 Å². The fourth-order valence-corrected chi connectivity index (χ4v) is 8.80. The van der Waals surface area contributed by atoms with Crippen molar-refractivity contribution in [3.63, 3.8) is 0 Å². The molecule has 1 spiro atoms. The highest BCUT2D eigenvalue weighted by molar-refractivity contribution is 5.94. The molecule has 1 unspecified atom stereocenters. The molecular formula is C28H38O10. The third-order valence-electron chi connectivity index (χ3n) is 9.84. The average molecular weight is 535 g/mol. The van der Waals surface area contributed by atoms with E-state index < -0.39 is 88.2 Å². The summed E-state index contributed by atoms with van der Waals surface area (Å²) in [5.74, 6) is -5.40. The Bertz CT molecular complexity index is 1060. The van der Waals surface area contributed by atoms with E-state index in [1.165, 1.54) is 27.7 Å². The lowest BCUT2D eigenvalue weighted by Gasteiger charge is -2.66. The van der Waals surface area contributed by atoms with Crippen LogP contribution in [0.4, 0.5) is 0 Å². The van der Waals surface area contributed by atoms with Crippen LogP contribution in [0.2, 0.25) is 0 Å². The maximum absolute atomic E-state index is 14.4. The number of hydrogen-bond donors (Lipinski definition) is 0. The fourth-order valence-electron chi connectivity index (χ4n) is 8.80. The standard InChI is InChI=1S/C28H38O10/c1-13-18-10-19(35-14(2)30)23-27(12-29)20(26(6,7)9-8-21(27)36-15(3)31)11-22(37-16(4)32)28(23,24(13)34)25(18)38-17(5)33/h12-13,18-23,25H,8-11H2,1-7H3/t13-,18+,19+,20-,21-,22-,23+,25-,27+,28?/m1/s1. The molecular weight excluding hydrogens is 496 g/mol. The number of aldehydes is 1. The van der Waals surface area contributed by atoms with Gasteiger partial charge < -0.3 is 23.7 Å². The van der Waals surface area contributed by atoms with Crippen LogP contribution >= 0.6 is 0 Å². The zero-order valence-corrected chi connectivity index (χ0v) is 23.1. The van der Waals surface area contributed by atoms with E-state index in [1.807, 2.05) is 13.8 Å². The topological polar surface area (TPSA) is 139 Å². The number of ether oxygens (including phenoxy) is 4. The number of fused-ring (bicyclic) bond motifs is 3. The molecule has 4 aliphatic rings. The highest BCUT2D eigenvalue weighted by atomic mass is 16.6. The van der Waals surface area contributed by atoms with Crippen molar-refractivity contribution in [1.29, 1.82) is 0 Å². The molecule has 0 saturated heterocycles. The Morgan fingerprint density at radius 2 is 1.39 bits per heavy atom. The average Bonchev–Trinajstić information content (AvgIpc) is 2.91. The summed E-state index contributed by atoms with van der Waals surface area (Å²) in [6, 6.07) is 0. The molecule has 0 aromatic rings. The van der Waals surface area contributed by atoms with Crippen molar-refractivity contribution in [2.45, 2.75) is 98.6 Å². The van der Waals surface area contributed by atoms with Crippen LogP contribution in [-0.2, 0) is 47.7 Å². The van der Waals surface area contributed by atoms with E-state index in [9.17, 15) is 28.8 Å². The first-order valence-corrected chi connectivity index (χ1v) is 13.3. The molecule has 0 aromatic carbocycles. The Hall–Kier alpha value is -2.78. The molecule has 0 N–H and O–H groups in total. The van der Waals surface area contributed by atoms with E-state index in [2.05, 4.69) is 0 Å². The number of Topliss-reactive ketones (excluding diaryl/α,β-unsaturated/α-hetero) is 1. The zero-order chi connectivity index (χ0) is 28.4. The molecule has 210 valence electrons. The lowest BCUT2D eigenvalue weighted by atomic mass is 9.38. The molecule has 0 amide bonds. The normalized spacial score (nSPS) is 42.7. The van der Waals surface area contributed by atoms with E-state index >= 15 is 0 Å². The molecule has 0 aromatic heterocycles. The third kappa shape index (κ3) is 3.88. The molecule has 4 aliphatic carbocycles. The molecule has 4 fully saturated rings. The number of carbonyl (C=O) groups is 6. The van der Waals surface area contributed by atoms with E-state index in [0.717, 1.165) is 6.29 Å². The summed E-state index contributed by atoms with van der Waals surface area (Å²) in [6.07, 6.45) is -1.88. The minimum atomic E-state index is -1.66. The summed E-state index contributed by atoms with van der Waals surface area (Å²) >= 11 is 0. The van der Waals surface area contributed by atoms with Gasteiger partial charge in [-0.3, -0.25) is 24.0 Å². The predicted octanol–water partition coefficient (Wildman–Crippen LogP) is 2.58. The molecule has 4 saturated carbocycles. The molecule has 10 atom stereocenters. The van der Waals surface area contributed by atoms with Crippen LogP contribution in [0.15, 0.2) is 0 Å². The summed E-state index contributed by atoms with van der Waals surface area (Å²) in [7, 11) is 0. The molecule has 4 rings (SSSR count). The predicted molar refractivity (Wildman–Crippen MR) is 130 cm³/mol. The Balaban J connectivity index is 2.09. The first-order valence-electron chi connectivity index (χ1n) is 13.3. The van der Waals surface area contributed by atoms with E-state index in [4.69, 9.17) is 18.9 Å². The second-order valence-electron chi connectivity index (χ2n) is 12.3. The van der Waals surface area contributed by atoms with Gasteiger partial charge >= 0.3 is 23.9 Å². The minimum Gasteiger partial charge on any atom is -0.462 e. The number of hydrogen-bond acceptors (Lipinski definition) is 10. The van der Waals surface area contributed by atoms with Crippen LogP contribution in [-0.4, -0.2) is 60.4 Å². The Morgan fingerprint density at radius 1 is 0.842 bits per heavy atom. The highest BCUT2D eigenvalue weighted by Gasteiger charge is 2.82. The molecule has 10 nitrogen and oxygen atoms in total. The lowest BCUT2D eigenvalue weighted by Crippen LogP contribution is -2.75. The van der Waals surface area contributed by atoms with Crippen LogP contribution in [0.3, 0.4) is 0 Å². The van der Waals surface area contributed by atoms with Gasteiger partial charge in [0.05, 0.1) is 5.41 Å². The molecule has 0 aliphatic heterocycles. The van der Waals surface area contributed by atoms with Gasteiger partial charge in [0.15, 0.2) is 0 Å². The fraction of sp³-hybridized carbons (Fsp3) is 0.786. The van der Waals surface area contributed by atoms with Crippen LogP contribution in [0.1, 0.15) is 74.1 Å². The molecule has 38 heavy (non-hydrogen) atoms. The second kappa shape index (κ2) is 9.45. The van der Waals surface area contributed by atoms with Crippen molar-refractivity contribution in [1.82, 2.24) is 0 Å². The summed E-state index contributed by atoms with van der Waals surface area (Å²) in [5.41, 5.74) is -3.62. The van der Waals surface area contributed by atoms with Crippen LogP contribution in [0, 0.1) is 39.9 Å². The Morgan fingerprint density at radius 3 is 1.92 bits per heavy atom. The van der Waals surface area contributed by atoms with Crippen molar-refractivity contribution >= 4 is 35.9 Å². The monoisotopic (exact) mass is 534 g/mol. The van der Waals surface area contributed by atoms with Gasteiger partial charge in [-0.15, -0.1) is 0 Å². The van der Waals surface area contributed by atoms with Crippen molar-refractivity contribution in [2.24, 2.45) is 39.9 Å². The highest BCUT2D eigenvalue weighted by Crippen LogP contribution is 2.72. The maximum atomic E-state index is 14.4. The summed E-state index contributed by atoms with van der Waals surface area (Å²) in [5, 5.41) is 0. The molecule has 10 heteroatoms.